The van der Waals surface area contributed by atoms with Gasteiger partial charge in [0.1, 0.15) is 5.75 Å². The molecule has 0 aliphatic heterocycles. The summed E-state index contributed by atoms with van der Waals surface area (Å²) in [5.41, 5.74) is 1.02. The van der Waals surface area contributed by atoms with Gasteiger partial charge in [0.15, 0.2) is 0 Å². The monoisotopic (exact) mass is 207 g/mol. The normalized spacial score (nSPS) is 17.7. The van der Waals surface area contributed by atoms with Crippen molar-refractivity contribution < 1.29 is 10.2 Å². The van der Waals surface area contributed by atoms with Crippen LogP contribution < -0.4 is 5.32 Å². The molecule has 82 valence electrons. The van der Waals surface area contributed by atoms with E-state index in [1.54, 1.807) is 12.1 Å². The van der Waals surface area contributed by atoms with E-state index in [9.17, 15) is 5.11 Å². The van der Waals surface area contributed by atoms with Gasteiger partial charge in [-0.05, 0) is 43.0 Å². The zero-order chi connectivity index (χ0) is 10.7. The summed E-state index contributed by atoms with van der Waals surface area (Å²) in [5.74, 6) is 1.06. The van der Waals surface area contributed by atoms with Crippen LogP contribution >= 0.6 is 0 Å². The number of rotatable bonds is 5. The molecule has 0 radical (unpaired) electrons. The second kappa shape index (κ2) is 4.64. The van der Waals surface area contributed by atoms with E-state index in [1.165, 1.54) is 12.8 Å². The summed E-state index contributed by atoms with van der Waals surface area (Å²) in [6.07, 6.45) is 2.61. The second-order valence-electron chi connectivity index (χ2n) is 4.18. The SMILES string of the molecule is OCC(NCC1CC1)c1ccc(O)cc1. The Morgan fingerprint density at radius 3 is 2.47 bits per heavy atom. The van der Waals surface area contributed by atoms with Crippen LogP contribution in [0.3, 0.4) is 0 Å². The number of aromatic hydroxyl groups is 1. The van der Waals surface area contributed by atoms with Gasteiger partial charge in [-0.2, -0.15) is 0 Å². The zero-order valence-electron chi connectivity index (χ0n) is 8.69. The highest BCUT2D eigenvalue weighted by molar-refractivity contribution is 5.28. The van der Waals surface area contributed by atoms with Gasteiger partial charge in [0.2, 0.25) is 0 Å². The Labute approximate surface area is 89.8 Å². The molecule has 0 aromatic heterocycles. The molecule has 1 unspecified atom stereocenters. The Hall–Kier alpha value is -1.06. The number of benzene rings is 1. The number of aliphatic hydroxyl groups excluding tert-OH is 1. The molecular weight excluding hydrogens is 190 g/mol. The van der Waals surface area contributed by atoms with E-state index in [4.69, 9.17) is 5.11 Å². The molecule has 3 heteroatoms. The molecule has 1 fully saturated rings. The molecular formula is C12H17NO2. The van der Waals surface area contributed by atoms with E-state index in [0.29, 0.717) is 0 Å². The van der Waals surface area contributed by atoms with E-state index in [-0.39, 0.29) is 18.4 Å². The van der Waals surface area contributed by atoms with Gasteiger partial charge in [-0.25, -0.2) is 0 Å². The highest BCUT2D eigenvalue weighted by Gasteiger charge is 2.22. The molecule has 1 aromatic carbocycles. The standard InChI is InChI=1S/C12H17NO2/c14-8-12(13-7-9-1-2-9)10-3-5-11(15)6-4-10/h3-6,9,12-15H,1-2,7-8H2. The van der Waals surface area contributed by atoms with Crippen LogP contribution in [0.15, 0.2) is 24.3 Å². The Balaban J connectivity index is 1.94. The van der Waals surface area contributed by atoms with Crippen molar-refractivity contribution in [3.63, 3.8) is 0 Å². The van der Waals surface area contributed by atoms with E-state index >= 15 is 0 Å². The topological polar surface area (TPSA) is 52.5 Å². The first-order valence-electron chi connectivity index (χ1n) is 5.43. The number of hydrogen-bond donors (Lipinski definition) is 3. The van der Waals surface area contributed by atoms with E-state index < -0.39 is 0 Å². The maximum Gasteiger partial charge on any atom is 0.115 e. The number of phenolic OH excluding ortho intramolecular Hbond substituents is 1. The number of aliphatic hydroxyl groups is 1. The Kier molecular flexibility index (Phi) is 3.23. The average molecular weight is 207 g/mol. The molecule has 0 saturated heterocycles. The molecule has 0 bridgehead atoms. The third kappa shape index (κ3) is 2.94. The fourth-order valence-corrected chi connectivity index (χ4v) is 1.63. The molecule has 3 nitrogen and oxygen atoms in total. The first-order valence-corrected chi connectivity index (χ1v) is 5.43. The second-order valence-corrected chi connectivity index (χ2v) is 4.18. The van der Waals surface area contributed by atoms with Gasteiger partial charge in [-0.3, -0.25) is 0 Å². The molecule has 1 aliphatic rings. The molecule has 0 heterocycles. The third-order valence-electron chi connectivity index (χ3n) is 2.83. The summed E-state index contributed by atoms with van der Waals surface area (Å²) in [5, 5.41) is 21.7. The first-order chi connectivity index (χ1) is 7.29. The van der Waals surface area contributed by atoms with E-state index in [0.717, 1.165) is 18.0 Å². The van der Waals surface area contributed by atoms with Gasteiger partial charge in [-0.1, -0.05) is 12.1 Å². The Bertz CT molecular complexity index is 306. The van der Waals surface area contributed by atoms with Crippen LogP contribution in [0.5, 0.6) is 5.75 Å². The fourth-order valence-electron chi connectivity index (χ4n) is 1.63. The maximum absolute atomic E-state index is 9.26. The van der Waals surface area contributed by atoms with Gasteiger partial charge in [0, 0.05) is 0 Å². The fraction of sp³-hybridized carbons (Fsp3) is 0.500. The minimum atomic E-state index is -0.00815. The van der Waals surface area contributed by atoms with Gasteiger partial charge < -0.3 is 15.5 Å². The smallest absolute Gasteiger partial charge is 0.115 e. The maximum atomic E-state index is 9.26. The highest BCUT2D eigenvalue weighted by Crippen LogP contribution is 2.28. The van der Waals surface area contributed by atoms with Crippen molar-refractivity contribution in [2.24, 2.45) is 5.92 Å². The average Bonchev–Trinajstić information content (AvgIpc) is 3.05. The minimum absolute atomic E-state index is 0.00815. The molecule has 15 heavy (non-hydrogen) atoms. The largest absolute Gasteiger partial charge is 0.508 e. The summed E-state index contributed by atoms with van der Waals surface area (Å²) in [6.45, 7) is 1.07. The summed E-state index contributed by atoms with van der Waals surface area (Å²) in [4.78, 5) is 0. The first kappa shape index (κ1) is 10.5. The van der Waals surface area contributed by atoms with Gasteiger partial charge in [0.05, 0.1) is 12.6 Å². The van der Waals surface area contributed by atoms with E-state index in [2.05, 4.69) is 5.32 Å². The number of nitrogens with one attached hydrogen (secondary N) is 1. The lowest BCUT2D eigenvalue weighted by molar-refractivity contribution is 0.243. The van der Waals surface area contributed by atoms with Crippen LogP contribution in [0, 0.1) is 5.92 Å². The van der Waals surface area contributed by atoms with Crippen LogP contribution in [0.4, 0.5) is 0 Å². The quantitative estimate of drug-likeness (QED) is 0.684. The van der Waals surface area contributed by atoms with Crippen molar-refractivity contribution in [1.29, 1.82) is 0 Å². The lowest BCUT2D eigenvalue weighted by Crippen LogP contribution is -2.26. The van der Waals surface area contributed by atoms with Gasteiger partial charge in [-0.15, -0.1) is 0 Å². The molecule has 1 aromatic rings. The summed E-state index contributed by atoms with van der Waals surface area (Å²) < 4.78 is 0. The Morgan fingerprint density at radius 2 is 1.93 bits per heavy atom. The summed E-state index contributed by atoms with van der Waals surface area (Å²) in [7, 11) is 0. The highest BCUT2D eigenvalue weighted by atomic mass is 16.3. The predicted molar refractivity (Wildman–Crippen MR) is 58.7 cm³/mol. The minimum Gasteiger partial charge on any atom is -0.508 e. The molecule has 1 aliphatic carbocycles. The van der Waals surface area contributed by atoms with Crippen LogP contribution in [0.1, 0.15) is 24.4 Å². The van der Waals surface area contributed by atoms with Crippen molar-refractivity contribution in [1.82, 2.24) is 5.32 Å². The van der Waals surface area contributed by atoms with Crippen LogP contribution in [-0.2, 0) is 0 Å². The Morgan fingerprint density at radius 1 is 1.27 bits per heavy atom. The molecule has 0 amide bonds. The molecule has 0 spiro atoms. The molecule has 1 saturated carbocycles. The summed E-state index contributed by atoms with van der Waals surface area (Å²) in [6, 6.07) is 6.98. The molecule has 1 atom stereocenters. The lowest BCUT2D eigenvalue weighted by atomic mass is 10.1. The van der Waals surface area contributed by atoms with Gasteiger partial charge in [0.25, 0.3) is 0 Å². The van der Waals surface area contributed by atoms with Gasteiger partial charge >= 0.3 is 0 Å². The number of phenols is 1. The zero-order valence-corrected chi connectivity index (χ0v) is 8.69. The van der Waals surface area contributed by atoms with Crippen molar-refractivity contribution >= 4 is 0 Å². The van der Waals surface area contributed by atoms with Crippen LogP contribution in [0.2, 0.25) is 0 Å². The van der Waals surface area contributed by atoms with Crippen LogP contribution in [-0.4, -0.2) is 23.4 Å². The summed E-state index contributed by atoms with van der Waals surface area (Å²) >= 11 is 0. The van der Waals surface area contributed by atoms with E-state index in [1.807, 2.05) is 12.1 Å². The molecule has 3 N–H and O–H groups in total. The van der Waals surface area contributed by atoms with Crippen molar-refractivity contribution in [3.8, 4) is 5.75 Å². The van der Waals surface area contributed by atoms with Crippen molar-refractivity contribution in [3.05, 3.63) is 29.8 Å². The molecule has 2 rings (SSSR count). The van der Waals surface area contributed by atoms with Crippen LogP contribution in [0.25, 0.3) is 0 Å². The van der Waals surface area contributed by atoms with Crippen molar-refractivity contribution in [2.45, 2.75) is 18.9 Å². The van der Waals surface area contributed by atoms with Crippen molar-refractivity contribution in [2.75, 3.05) is 13.2 Å². The number of hydrogen-bond acceptors (Lipinski definition) is 3. The third-order valence-corrected chi connectivity index (χ3v) is 2.83. The predicted octanol–water partition coefficient (Wildman–Crippen LogP) is 1.43. The lowest BCUT2D eigenvalue weighted by Gasteiger charge is -2.16.